The van der Waals surface area contributed by atoms with E-state index >= 15 is 0 Å². The Morgan fingerprint density at radius 3 is 2.14 bits per heavy atom. The van der Waals surface area contributed by atoms with Gasteiger partial charge in [0.2, 0.25) is 5.91 Å². The van der Waals surface area contributed by atoms with Gasteiger partial charge in [0.05, 0.1) is 5.92 Å². The Balaban J connectivity index is 2.02. The van der Waals surface area contributed by atoms with E-state index in [0.717, 1.165) is 12.0 Å². The molecule has 1 amide bonds. The van der Waals surface area contributed by atoms with Crippen LogP contribution in [0.25, 0.3) is 0 Å². The van der Waals surface area contributed by atoms with E-state index < -0.39 is 0 Å². The fourth-order valence-electron chi connectivity index (χ4n) is 2.36. The van der Waals surface area contributed by atoms with E-state index in [1.54, 1.807) is 24.3 Å². The minimum Gasteiger partial charge on any atom is -0.508 e. The molecule has 2 aromatic rings. The molecule has 2 aromatic carbocycles. The van der Waals surface area contributed by atoms with Gasteiger partial charge in [0.1, 0.15) is 5.75 Å². The van der Waals surface area contributed by atoms with Crippen LogP contribution in [-0.4, -0.2) is 11.0 Å². The number of hydrogen-bond acceptors (Lipinski definition) is 2. The molecule has 0 aliphatic heterocycles. The summed E-state index contributed by atoms with van der Waals surface area (Å²) in [5.74, 6) is 0.539. The molecule has 0 radical (unpaired) electrons. The highest BCUT2D eigenvalue weighted by Crippen LogP contribution is 2.20. The van der Waals surface area contributed by atoms with E-state index in [1.807, 2.05) is 19.1 Å². The van der Waals surface area contributed by atoms with Crippen LogP contribution in [-0.2, 0) is 11.2 Å². The first-order valence-electron chi connectivity index (χ1n) is 7.64. The lowest BCUT2D eigenvalue weighted by atomic mass is 9.96. The van der Waals surface area contributed by atoms with E-state index in [0.29, 0.717) is 11.6 Å². The molecule has 0 unspecified atom stereocenters. The fourth-order valence-corrected chi connectivity index (χ4v) is 2.36. The molecule has 2 N–H and O–H groups in total. The molecular formula is C19H23NO2. The molecule has 0 saturated heterocycles. The maximum atomic E-state index is 12.3. The summed E-state index contributed by atoms with van der Waals surface area (Å²) in [6.45, 7) is 6.29. The van der Waals surface area contributed by atoms with Crippen LogP contribution < -0.4 is 5.32 Å². The molecule has 2 rings (SSSR count). The van der Waals surface area contributed by atoms with Gasteiger partial charge in [-0.3, -0.25) is 4.79 Å². The third kappa shape index (κ3) is 4.35. The first kappa shape index (κ1) is 16.1. The average Bonchev–Trinajstić information content (AvgIpc) is 2.49. The Labute approximate surface area is 132 Å². The lowest BCUT2D eigenvalue weighted by Crippen LogP contribution is -2.18. The summed E-state index contributed by atoms with van der Waals surface area (Å²) >= 11 is 0. The Bertz CT molecular complexity index is 615. The van der Waals surface area contributed by atoms with E-state index in [9.17, 15) is 9.90 Å². The summed E-state index contributed by atoms with van der Waals surface area (Å²) in [4.78, 5) is 12.3. The molecule has 0 heterocycles. The van der Waals surface area contributed by atoms with Gasteiger partial charge in [-0.15, -0.1) is 0 Å². The minimum absolute atomic E-state index is 0.0534. The molecule has 1 atom stereocenters. The molecule has 116 valence electrons. The molecule has 0 spiro atoms. The first-order chi connectivity index (χ1) is 10.5. The number of aromatic hydroxyl groups is 1. The van der Waals surface area contributed by atoms with Gasteiger partial charge in [0.25, 0.3) is 0 Å². The summed E-state index contributed by atoms with van der Waals surface area (Å²) in [6, 6.07) is 14.7. The van der Waals surface area contributed by atoms with Crippen LogP contribution in [0.2, 0.25) is 0 Å². The standard InChI is InChI=1S/C19H23NO2/c1-13(2)12-15-4-6-16(7-5-15)14(3)19(22)20-17-8-10-18(21)11-9-17/h4-11,13-14,21H,12H2,1-3H3,(H,20,22)/t14-/m1/s1. The van der Waals surface area contributed by atoms with E-state index in [2.05, 4.69) is 31.3 Å². The lowest BCUT2D eigenvalue weighted by Gasteiger charge is -2.14. The Kier molecular flexibility index (Phi) is 5.21. The number of hydrogen-bond donors (Lipinski definition) is 2. The van der Waals surface area contributed by atoms with Crippen LogP contribution in [0.15, 0.2) is 48.5 Å². The summed E-state index contributed by atoms with van der Waals surface area (Å²) in [5, 5.41) is 12.1. The monoisotopic (exact) mass is 297 g/mol. The number of carbonyl (C=O) groups excluding carboxylic acids is 1. The highest BCUT2D eigenvalue weighted by molar-refractivity contribution is 5.95. The minimum atomic E-state index is -0.220. The van der Waals surface area contributed by atoms with Gasteiger partial charge in [0, 0.05) is 5.69 Å². The van der Waals surface area contributed by atoms with Crippen LogP contribution in [0.1, 0.15) is 37.8 Å². The van der Waals surface area contributed by atoms with Gasteiger partial charge in [0.15, 0.2) is 0 Å². The van der Waals surface area contributed by atoms with Crippen molar-refractivity contribution in [2.45, 2.75) is 33.1 Å². The van der Waals surface area contributed by atoms with Crippen LogP contribution in [0.3, 0.4) is 0 Å². The highest BCUT2D eigenvalue weighted by atomic mass is 16.3. The summed E-state index contributed by atoms with van der Waals surface area (Å²) in [7, 11) is 0. The topological polar surface area (TPSA) is 49.3 Å². The highest BCUT2D eigenvalue weighted by Gasteiger charge is 2.15. The van der Waals surface area contributed by atoms with Gasteiger partial charge in [-0.25, -0.2) is 0 Å². The zero-order chi connectivity index (χ0) is 16.1. The third-order valence-electron chi connectivity index (χ3n) is 3.65. The zero-order valence-corrected chi connectivity index (χ0v) is 13.3. The SMILES string of the molecule is CC(C)Cc1ccc([C@@H](C)C(=O)Nc2ccc(O)cc2)cc1. The van der Waals surface area contributed by atoms with E-state index in [1.165, 1.54) is 5.56 Å². The molecule has 0 fully saturated rings. The Morgan fingerprint density at radius 1 is 1.00 bits per heavy atom. The van der Waals surface area contributed by atoms with E-state index in [4.69, 9.17) is 0 Å². The molecule has 0 aromatic heterocycles. The second-order valence-corrected chi connectivity index (χ2v) is 6.10. The number of phenols is 1. The third-order valence-corrected chi connectivity index (χ3v) is 3.65. The number of amides is 1. The maximum absolute atomic E-state index is 12.3. The Morgan fingerprint density at radius 2 is 1.59 bits per heavy atom. The van der Waals surface area contributed by atoms with Gasteiger partial charge in [-0.05, 0) is 54.7 Å². The van der Waals surface area contributed by atoms with Crippen LogP contribution in [0, 0.1) is 5.92 Å². The quantitative estimate of drug-likeness (QED) is 0.807. The first-order valence-corrected chi connectivity index (χ1v) is 7.64. The van der Waals surface area contributed by atoms with Gasteiger partial charge in [-0.1, -0.05) is 38.1 Å². The van der Waals surface area contributed by atoms with Crippen LogP contribution in [0.4, 0.5) is 5.69 Å². The Hall–Kier alpha value is -2.29. The van der Waals surface area contributed by atoms with Crippen LogP contribution >= 0.6 is 0 Å². The number of carbonyl (C=O) groups is 1. The predicted octanol–water partition coefficient (Wildman–Crippen LogP) is 4.33. The van der Waals surface area contributed by atoms with Crippen molar-refractivity contribution >= 4 is 11.6 Å². The lowest BCUT2D eigenvalue weighted by molar-refractivity contribution is -0.117. The average molecular weight is 297 g/mol. The van der Waals surface area contributed by atoms with Crippen molar-refractivity contribution < 1.29 is 9.90 Å². The van der Waals surface area contributed by atoms with Crippen molar-refractivity contribution in [3.05, 3.63) is 59.7 Å². The van der Waals surface area contributed by atoms with Crippen molar-refractivity contribution in [3.63, 3.8) is 0 Å². The smallest absolute Gasteiger partial charge is 0.231 e. The predicted molar refractivity (Wildman–Crippen MR) is 90.1 cm³/mol. The summed E-state index contributed by atoms with van der Waals surface area (Å²) < 4.78 is 0. The molecular weight excluding hydrogens is 274 g/mol. The number of phenolic OH excluding ortho intramolecular Hbond substituents is 1. The number of anilines is 1. The molecule has 0 bridgehead atoms. The zero-order valence-electron chi connectivity index (χ0n) is 13.3. The molecule has 0 aliphatic rings. The van der Waals surface area contributed by atoms with Gasteiger partial charge >= 0.3 is 0 Å². The normalized spacial score (nSPS) is 12.2. The van der Waals surface area contributed by atoms with Gasteiger partial charge in [-0.2, -0.15) is 0 Å². The second kappa shape index (κ2) is 7.12. The van der Waals surface area contributed by atoms with Crippen molar-refractivity contribution in [3.8, 4) is 5.75 Å². The van der Waals surface area contributed by atoms with Crippen molar-refractivity contribution in [1.29, 1.82) is 0 Å². The van der Waals surface area contributed by atoms with Gasteiger partial charge < -0.3 is 10.4 Å². The molecule has 3 nitrogen and oxygen atoms in total. The van der Waals surface area contributed by atoms with Crippen molar-refractivity contribution in [2.75, 3.05) is 5.32 Å². The number of benzene rings is 2. The molecule has 22 heavy (non-hydrogen) atoms. The molecule has 3 heteroatoms. The number of rotatable bonds is 5. The summed E-state index contributed by atoms with van der Waals surface area (Å²) in [6.07, 6.45) is 1.05. The van der Waals surface area contributed by atoms with E-state index in [-0.39, 0.29) is 17.6 Å². The molecule has 0 aliphatic carbocycles. The maximum Gasteiger partial charge on any atom is 0.231 e. The fraction of sp³-hybridized carbons (Fsp3) is 0.316. The summed E-state index contributed by atoms with van der Waals surface area (Å²) in [5.41, 5.74) is 2.99. The van der Waals surface area contributed by atoms with Crippen LogP contribution in [0.5, 0.6) is 5.75 Å². The van der Waals surface area contributed by atoms with Crippen molar-refractivity contribution in [2.24, 2.45) is 5.92 Å². The second-order valence-electron chi connectivity index (χ2n) is 6.10. The molecule has 0 saturated carbocycles. The largest absolute Gasteiger partial charge is 0.508 e. The van der Waals surface area contributed by atoms with Crippen molar-refractivity contribution in [1.82, 2.24) is 0 Å². The number of nitrogens with one attached hydrogen (secondary N) is 1.